The minimum absolute atomic E-state index is 0.0870. The second kappa shape index (κ2) is 5.57. The highest BCUT2D eigenvalue weighted by Crippen LogP contribution is 2.41. The third-order valence-corrected chi connectivity index (χ3v) is 4.99. The van der Waals surface area contributed by atoms with Crippen molar-refractivity contribution in [3.63, 3.8) is 0 Å². The van der Waals surface area contributed by atoms with Crippen molar-refractivity contribution in [2.24, 2.45) is 0 Å². The normalized spacial score (nSPS) is 13.5. The molecule has 1 aliphatic rings. The van der Waals surface area contributed by atoms with Gasteiger partial charge in [0.25, 0.3) is 0 Å². The highest BCUT2D eigenvalue weighted by atomic mass is 16.1. The molecule has 2 heterocycles. The summed E-state index contributed by atoms with van der Waals surface area (Å²) < 4.78 is 2.13. The van der Waals surface area contributed by atoms with Crippen molar-refractivity contribution in [3.8, 4) is 0 Å². The van der Waals surface area contributed by atoms with Crippen molar-refractivity contribution in [1.82, 2.24) is 4.57 Å². The van der Waals surface area contributed by atoms with Gasteiger partial charge in [0.05, 0.1) is 22.5 Å². The molecule has 124 valence electrons. The Morgan fingerprint density at radius 3 is 2.08 bits per heavy atom. The molecule has 0 atom stereocenters. The first-order valence-corrected chi connectivity index (χ1v) is 8.76. The standard InChI is InChI=1S/C24H17NO/c1-16-12-13-19-15-21-24(26)22(17-8-4-2-5-9-17)23(25(21)20(19)14-16)18-10-6-3-7-11-18/h2-15H,1H3. The number of hydrogen-bond donors (Lipinski definition) is 0. The van der Waals surface area contributed by atoms with E-state index in [2.05, 4.69) is 41.8 Å². The monoisotopic (exact) mass is 335 g/mol. The van der Waals surface area contributed by atoms with Crippen LogP contribution in [0.4, 0.5) is 0 Å². The van der Waals surface area contributed by atoms with Crippen LogP contribution >= 0.6 is 0 Å². The topological polar surface area (TPSA) is 22.0 Å². The van der Waals surface area contributed by atoms with Crippen LogP contribution < -0.4 is 0 Å². The molecular weight excluding hydrogens is 318 g/mol. The number of ketones is 1. The lowest BCUT2D eigenvalue weighted by Gasteiger charge is -2.11. The van der Waals surface area contributed by atoms with Crippen molar-refractivity contribution in [2.75, 3.05) is 0 Å². The molecule has 5 rings (SSSR count). The zero-order valence-electron chi connectivity index (χ0n) is 14.4. The summed E-state index contributed by atoms with van der Waals surface area (Å²) in [4.78, 5) is 13.4. The van der Waals surface area contributed by atoms with Gasteiger partial charge < -0.3 is 4.57 Å². The number of rotatable bonds is 2. The largest absolute Gasteiger partial charge is 0.305 e. The summed E-state index contributed by atoms with van der Waals surface area (Å²) in [5.74, 6) is 0.0870. The molecule has 0 amide bonds. The van der Waals surface area contributed by atoms with Gasteiger partial charge in [0.2, 0.25) is 5.78 Å². The van der Waals surface area contributed by atoms with Crippen LogP contribution in [0.2, 0.25) is 0 Å². The SMILES string of the molecule is Cc1ccc2cc3n(c2c1)C(c1ccccc1)=C(c1ccccc1)C3=O. The molecule has 3 aromatic carbocycles. The maximum Gasteiger partial charge on any atom is 0.212 e. The quantitative estimate of drug-likeness (QED) is 0.470. The van der Waals surface area contributed by atoms with E-state index in [-0.39, 0.29) is 5.78 Å². The van der Waals surface area contributed by atoms with Crippen LogP contribution in [0, 0.1) is 6.92 Å². The zero-order chi connectivity index (χ0) is 17.7. The van der Waals surface area contributed by atoms with Crippen molar-refractivity contribution in [2.45, 2.75) is 6.92 Å². The van der Waals surface area contributed by atoms with Crippen molar-refractivity contribution < 1.29 is 4.79 Å². The second-order valence-electron chi connectivity index (χ2n) is 6.71. The molecule has 4 aromatic rings. The number of nitrogens with zero attached hydrogens (tertiary/aromatic N) is 1. The number of allylic oxidation sites excluding steroid dienone is 1. The zero-order valence-corrected chi connectivity index (χ0v) is 14.4. The van der Waals surface area contributed by atoms with Crippen LogP contribution in [0.5, 0.6) is 0 Å². The van der Waals surface area contributed by atoms with Crippen LogP contribution in [0.15, 0.2) is 84.9 Å². The van der Waals surface area contributed by atoms with E-state index in [0.717, 1.165) is 39.0 Å². The molecule has 1 aromatic heterocycles. The molecule has 2 heteroatoms. The number of Topliss-reactive ketones (excluding diaryl/α,β-unsaturated/α-hetero) is 1. The highest BCUT2D eigenvalue weighted by molar-refractivity contribution is 6.38. The lowest BCUT2D eigenvalue weighted by Crippen LogP contribution is -1.97. The van der Waals surface area contributed by atoms with E-state index < -0.39 is 0 Å². The summed E-state index contributed by atoms with van der Waals surface area (Å²) in [5.41, 5.74) is 6.76. The Kier molecular flexibility index (Phi) is 3.19. The fourth-order valence-electron chi connectivity index (χ4n) is 3.81. The Labute approximate surface area is 152 Å². The van der Waals surface area contributed by atoms with Gasteiger partial charge in [-0.1, -0.05) is 72.8 Å². The van der Waals surface area contributed by atoms with Gasteiger partial charge in [-0.2, -0.15) is 0 Å². The van der Waals surface area contributed by atoms with Gasteiger partial charge in [0.1, 0.15) is 0 Å². The molecule has 0 radical (unpaired) electrons. The van der Waals surface area contributed by atoms with Gasteiger partial charge in [-0.05, 0) is 35.7 Å². The van der Waals surface area contributed by atoms with Gasteiger partial charge in [-0.15, -0.1) is 0 Å². The number of aromatic nitrogens is 1. The Balaban J connectivity index is 1.91. The molecule has 0 fully saturated rings. The van der Waals surface area contributed by atoms with Gasteiger partial charge >= 0.3 is 0 Å². The van der Waals surface area contributed by atoms with E-state index >= 15 is 0 Å². The number of fused-ring (bicyclic) bond motifs is 3. The first-order chi connectivity index (χ1) is 12.7. The Bertz CT molecular complexity index is 1180. The van der Waals surface area contributed by atoms with E-state index in [1.165, 1.54) is 5.56 Å². The number of aryl methyl sites for hydroxylation is 1. The molecule has 26 heavy (non-hydrogen) atoms. The Morgan fingerprint density at radius 1 is 0.731 bits per heavy atom. The first-order valence-electron chi connectivity index (χ1n) is 8.76. The van der Waals surface area contributed by atoms with Crippen molar-refractivity contribution in [3.05, 3.63) is 107 Å². The Morgan fingerprint density at radius 2 is 1.38 bits per heavy atom. The van der Waals surface area contributed by atoms with Crippen LogP contribution in [-0.4, -0.2) is 10.4 Å². The predicted octanol–water partition coefficient (Wildman–Crippen LogP) is 5.56. The summed E-state index contributed by atoms with van der Waals surface area (Å²) in [6, 6.07) is 28.5. The fraction of sp³-hybridized carbons (Fsp3) is 0.0417. The minimum Gasteiger partial charge on any atom is -0.305 e. The summed E-state index contributed by atoms with van der Waals surface area (Å²) in [6.07, 6.45) is 0. The highest BCUT2D eigenvalue weighted by Gasteiger charge is 2.33. The maximum absolute atomic E-state index is 13.4. The average Bonchev–Trinajstić information content (AvgIpc) is 3.18. The summed E-state index contributed by atoms with van der Waals surface area (Å²) >= 11 is 0. The molecule has 1 aliphatic heterocycles. The molecular formula is C24H17NO. The maximum atomic E-state index is 13.4. The molecule has 0 spiro atoms. The second-order valence-corrected chi connectivity index (χ2v) is 6.71. The van der Waals surface area contributed by atoms with Gasteiger partial charge in [0, 0.05) is 5.39 Å². The van der Waals surface area contributed by atoms with Crippen molar-refractivity contribution >= 4 is 28.0 Å². The van der Waals surface area contributed by atoms with Crippen LogP contribution in [-0.2, 0) is 0 Å². The van der Waals surface area contributed by atoms with Crippen molar-refractivity contribution in [1.29, 1.82) is 0 Å². The van der Waals surface area contributed by atoms with Crippen LogP contribution in [0.1, 0.15) is 27.2 Å². The molecule has 0 bridgehead atoms. The molecule has 0 unspecified atom stereocenters. The van der Waals surface area contributed by atoms with Crippen LogP contribution in [0.25, 0.3) is 22.2 Å². The minimum atomic E-state index is 0.0870. The lowest BCUT2D eigenvalue weighted by molar-refractivity contribution is 0.105. The number of carbonyl (C=O) groups is 1. The van der Waals surface area contributed by atoms with E-state index in [1.54, 1.807) is 0 Å². The average molecular weight is 335 g/mol. The van der Waals surface area contributed by atoms with E-state index in [1.807, 2.05) is 54.6 Å². The molecule has 0 aliphatic carbocycles. The summed E-state index contributed by atoms with van der Waals surface area (Å²) in [5, 5.41) is 1.10. The van der Waals surface area contributed by atoms with E-state index in [4.69, 9.17) is 0 Å². The lowest BCUT2D eigenvalue weighted by atomic mass is 9.97. The number of hydrogen-bond acceptors (Lipinski definition) is 1. The fourth-order valence-corrected chi connectivity index (χ4v) is 3.81. The molecule has 2 nitrogen and oxygen atoms in total. The number of carbonyl (C=O) groups excluding carboxylic acids is 1. The van der Waals surface area contributed by atoms with Gasteiger partial charge in [-0.3, -0.25) is 4.79 Å². The first kappa shape index (κ1) is 14.9. The predicted molar refractivity (Wildman–Crippen MR) is 106 cm³/mol. The third kappa shape index (κ3) is 2.09. The van der Waals surface area contributed by atoms with Gasteiger partial charge in [0.15, 0.2) is 0 Å². The van der Waals surface area contributed by atoms with Crippen LogP contribution in [0.3, 0.4) is 0 Å². The molecule has 0 saturated heterocycles. The number of benzene rings is 3. The molecule has 0 saturated carbocycles. The summed E-state index contributed by atoms with van der Waals surface area (Å²) in [6.45, 7) is 2.08. The smallest absolute Gasteiger partial charge is 0.212 e. The van der Waals surface area contributed by atoms with Gasteiger partial charge in [-0.25, -0.2) is 0 Å². The van der Waals surface area contributed by atoms with E-state index in [0.29, 0.717) is 0 Å². The third-order valence-electron chi connectivity index (χ3n) is 4.99. The Hall–Kier alpha value is -3.39. The van der Waals surface area contributed by atoms with E-state index in [9.17, 15) is 4.79 Å². The summed E-state index contributed by atoms with van der Waals surface area (Å²) in [7, 11) is 0. The molecule has 0 N–H and O–H groups in total.